The second-order valence-electron chi connectivity index (χ2n) is 6.20. The Morgan fingerprint density at radius 1 is 1.29 bits per heavy atom. The van der Waals surface area contributed by atoms with Crippen molar-refractivity contribution >= 4 is 21.4 Å². The van der Waals surface area contributed by atoms with Gasteiger partial charge in [-0.25, -0.2) is 8.42 Å². The minimum absolute atomic E-state index is 0.170. The van der Waals surface area contributed by atoms with E-state index in [0.717, 1.165) is 37.7 Å². The van der Waals surface area contributed by atoms with Crippen molar-refractivity contribution in [3.8, 4) is 0 Å². The summed E-state index contributed by atoms with van der Waals surface area (Å²) < 4.78 is 28.0. The number of aliphatic hydroxyl groups is 1. The lowest BCUT2D eigenvalue weighted by atomic mass is 9.79. The van der Waals surface area contributed by atoms with Crippen molar-refractivity contribution in [3.63, 3.8) is 0 Å². The highest BCUT2D eigenvalue weighted by Gasteiger charge is 2.41. The quantitative estimate of drug-likeness (QED) is 0.927. The number of rotatable bonds is 3. The summed E-state index contributed by atoms with van der Waals surface area (Å²) in [5.41, 5.74) is 0.766. The largest absolute Gasteiger partial charge is 0.391 e. The summed E-state index contributed by atoms with van der Waals surface area (Å²) in [6.07, 6.45) is 6.62. The third kappa shape index (κ3) is 2.67. The minimum Gasteiger partial charge on any atom is -0.391 e. The van der Waals surface area contributed by atoms with E-state index >= 15 is 0 Å². The Hall–Kier alpha value is -0.430. The third-order valence-corrected chi connectivity index (χ3v) is 8.27. The highest BCUT2D eigenvalue weighted by molar-refractivity contribution is 7.89. The number of thiophene rings is 1. The van der Waals surface area contributed by atoms with Gasteiger partial charge in [-0.2, -0.15) is 4.31 Å². The van der Waals surface area contributed by atoms with Crippen molar-refractivity contribution in [2.75, 3.05) is 6.54 Å². The van der Waals surface area contributed by atoms with E-state index in [0.29, 0.717) is 22.2 Å². The number of nitrogens with zero attached hydrogens (tertiary/aromatic N) is 1. The van der Waals surface area contributed by atoms with Crippen LogP contribution in [-0.2, 0) is 16.6 Å². The number of hydrogen-bond acceptors (Lipinski definition) is 4. The van der Waals surface area contributed by atoms with E-state index < -0.39 is 10.0 Å². The summed E-state index contributed by atoms with van der Waals surface area (Å²) in [6, 6.07) is 0.170. The van der Waals surface area contributed by atoms with Crippen LogP contribution in [0.4, 0.5) is 0 Å². The molecular formula is C15H23NO3S2. The van der Waals surface area contributed by atoms with Gasteiger partial charge in [-0.1, -0.05) is 12.8 Å². The van der Waals surface area contributed by atoms with Gasteiger partial charge < -0.3 is 5.11 Å². The average molecular weight is 329 g/mol. The number of piperidine rings is 1. The van der Waals surface area contributed by atoms with Gasteiger partial charge in [0.15, 0.2) is 0 Å². The SMILES string of the molecule is Cc1csc(CO)c1S(=O)(=O)N1CCCC2CCCCC21. The highest BCUT2D eigenvalue weighted by atomic mass is 32.2. The minimum atomic E-state index is -3.48. The van der Waals surface area contributed by atoms with Crippen LogP contribution in [0, 0.1) is 12.8 Å². The molecule has 6 heteroatoms. The summed E-state index contributed by atoms with van der Waals surface area (Å²) in [5, 5.41) is 11.3. The molecule has 2 atom stereocenters. The fraction of sp³-hybridized carbons (Fsp3) is 0.733. The molecule has 3 rings (SSSR count). The van der Waals surface area contributed by atoms with E-state index in [4.69, 9.17) is 0 Å². The Balaban J connectivity index is 1.98. The van der Waals surface area contributed by atoms with Crippen molar-refractivity contribution in [1.29, 1.82) is 0 Å². The van der Waals surface area contributed by atoms with Crippen LogP contribution in [-0.4, -0.2) is 30.4 Å². The molecule has 1 aromatic heterocycles. The van der Waals surface area contributed by atoms with E-state index in [1.54, 1.807) is 4.31 Å². The fourth-order valence-electron chi connectivity index (χ4n) is 3.94. The zero-order chi connectivity index (χ0) is 15.0. The third-order valence-electron chi connectivity index (χ3n) is 4.89. The maximum absolute atomic E-state index is 13.1. The topological polar surface area (TPSA) is 57.6 Å². The predicted molar refractivity (Wildman–Crippen MR) is 83.9 cm³/mol. The molecule has 0 aromatic carbocycles. The lowest BCUT2D eigenvalue weighted by Crippen LogP contribution is -2.49. The molecule has 2 unspecified atom stereocenters. The van der Waals surface area contributed by atoms with Gasteiger partial charge in [-0.05, 0) is 49.5 Å². The van der Waals surface area contributed by atoms with Gasteiger partial charge in [-0.3, -0.25) is 0 Å². The second-order valence-corrected chi connectivity index (χ2v) is 8.99. The Bertz CT molecular complexity index is 606. The van der Waals surface area contributed by atoms with Gasteiger partial charge in [-0.15, -0.1) is 11.3 Å². The molecule has 0 amide bonds. The molecule has 21 heavy (non-hydrogen) atoms. The monoisotopic (exact) mass is 329 g/mol. The van der Waals surface area contributed by atoms with E-state index in [2.05, 4.69) is 0 Å². The maximum atomic E-state index is 13.1. The van der Waals surface area contributed by atoms with Crippen LogP contribution in [0.5, 0.6) is 0 Å². The Morgan fingerprint density at radius 2 is 2.00 bits per heavy atom. The van der Waals surface area contributed by atoms with Crippen LogP contribution in [0.1, 0.15) is 49.0 Å². The zero-order valence-corrected chi connectivity index (χ0v) is 14.0. The van der Waals surface area contributed by atoms with Crippen LogP contribution in [0.15, 0.2) is 10.3 Å². The van der Waals surface area contributed by atoms with Crippen LogP contribution in [0.25, 0.3) is 0 Å². The molecule has 4 nitrogen and oxygen atoms in total. The molecule has 2 aliphatic rings. The maximum Gasteiger partial charge on any atom is 0.244 e. The number of sulfonamides is 1. The molecule has 0 spiro atoms. The second kappa shape index (κ2) is 5.99. The van der Waals surface area contributed by atoms with Crippen molar-refractivity contribution in [2.24, 2.45) is 5.92 Å². The molecule has 0 bridgehead atoms. The number of fused-ring (bicyclic) bond motifs is 1. The standard InChI is InChI=1S/C15H23NO3S2/c1-11-10-20-14(9-17)15(11)21(18,19)16-8-4-6-12-5-2-3-7-13(12)16/h10,12-13,17H,2-9H2,1H3. The van der Waals surface area contributed by atoms with Crippen LogP contribution in [0.3, 0.4) is 0 Å². The number of aliphatic hydroxyl groups excluding tert-OH is 1. The number of aryl methyl sites for hydroxylation is 1. The van der Waals surface area contributed by atoms with E-state index in [-0.39, 0.29) is 12.6 Å². The fourth-order valence-corrected chi connectivity index (χ4v) is 7.31. The molecule has 2 fully saturated rings. The van der Waals surface area contributed by atoms with Crippen LogP contribution < -0.4 is 0 Å². The molecule has 118 valence electrons. The predicted octanol–water partition coefficient (Wildman–Crippen LogP) is 2.89. The van der Waals surface area contributed by atoms with Gasteiger partial charge >= 0.3 is 0 Å². The molecule has 1 saturated carbocycles. The molecule has 1 saturated heterocycles. The van der Waals surface area contributed by atoms with E-state index in [1.165, 1.54) is 17.8 Å². The van der Waals surface area contributed by atoms with Gasteiger partial charge in [0.1, 0.15) is 4.90 Å². The first kappa shape index (κ1) is 15.5. The Labute approximate surface area is 130 Å². The average Bonchev–Trinajstić information content (AvgIpc) is 2.88. The van der Waals surface area contributed by atoms with Crippen molar-refractivity contribution < 1.29 is 13.5 Å². The van der Waals surface area contributed by atoms with Gasteiger partial charge in [0.05, 0.1) is 11.5 Å². The number of hydrogen-bond donors (Lipinski definition) is 1. The summed E-state index contributed by atoms with van der Waals surface area (Å²) in [5.74, 6) is 0.527. The smallest absolute Gasteiger partial charge is 0.244 e. The van der Waals surface area contributed by atoms with Crippen LogP contribution >= 0.6 is 11.3 Å². The highest BCUT2D eigenvalue weighted by Crippen LogP contribution is 2.39. The Morgan fingerprint density at radius 3 is 2.76 bits per heavy atom. The molecule has 2 heterocycles. The summed E-state index contributed by atoms with van der Waals surface area (Å²) in [4.78, 5) is 0.937. The van der Waals surface area contributed by atoms with Crippen molar-refractivity contribution in [3.05, 3.63) is 15.8 Å². The first-order valence-corrected chi connectivity index (χ1v) is 10.1. The molecule has 1 aliphatic carbocycles. The van der Waals surface area contributed by atoms with Crippen molar-refractivity contribution in [2.45, 2.75) is 63.0 Å². The van der Waals surface area contributed by atoms with Crippen LogP contribution in [0.2, 0.25) is 0 Å². The zero-order valence-electron chi connectivity index (χ0n) is 12.4. The normalized spacial score (nSPS) is 27.5. The lowest BCUT2D eigenvalue weighted by Gasteiger charge is -2.43. The molecule has 1 N–H and O–H groups in total. The van der Waals surface area contributed by atoms with E-state index in [9.17, 15) is 13.5 Å². The van der Waals surface area contributed by atoms with Gasteiger partial charge in [0.25, 0.3) is 0 Å². The summed E-state index contributed by atoms with van der Waals surface area (Å²) in [6.45, 7) is 2.25. The molecule has 1 aromatic rings. The first-order valence-electron chi connectivity index (χ1n) is 7.75. The van der Waals surface area contributed by atoms with Gasteiger partial charge in [0.2, 0.25) is 10.0 Å². The van der Waals surface area contributed by atoms with Crippen molar-refractivity contribution in [1.82, 2.24) is 4.31 Å². The van der Waals surface area contributed by atoms with Gasteiger partial charge in [0, 0.05) is 12.6 Å². The molecule has 1 aliphatic heterocycles. The Kier molecular flexibility index (Phi) is 4.41. The summed E-state index contributed by atoms with van der Waals surface area (Å²) in [7, 11) is -3.48. The summed E-state index contributed by atoms with van der Waals surface area (Å²) >= 11 is 1.34. The van der Waals surface area contributed by atoms with E-state index in [1.807, 2.05) is 12.3 Å². The first-order chi connectivity index (χ1) is 10.1. The molecule has 0 radical (unpaired) electrons. The lowest BCUT2D eigenvalue weighted by molar-refractivity contribution is 0.129. The molecular weight excluding hydrogens is 306 g/mol.